The zero-order valence-electron chi connectivity index (χ0n) is 23.0. The Balaban J connectivity index is 2.02. The number of nitrogens with zero attached hydrogens (tertiary/aromatic N) is 2. The normalized spacial score (nSPS) is 11.9. The van der Waals surface area contributed by atoms with Crippen LogP contribution >= 0.6 is 22.6 Å². The third kappa shape index (κ3) is 8.20. The van der Waals surface area contributed by atoms with Crippen molar-refractivity contribution in [1.82, 2.24) is 10.2 Å². The second-order valence-electron chi connectivity index (χ2n) is 9.24. The Bertz CT molecular complexity index is 1370. The highest BCUT2D eigenvalue weighted by molar-refractivity contribution is 14.1. The third-order valence-electron chi connectivity index (χ3n) is 6.43. The van der Waals surface area contributed by atoms with Crippen LogP contribution in [0.3, 0.4) is 0 Å². The first-order valence-corrected chi connectivity index (χ1v) is 15.8. The van der Waals surface area contributed by atoms with Gasteiger partial charge in [-0.05, 0) is 89.5 Å². The smallest absolute Gasteiger partial charge is 0.264 e. The lowest BCUT2D eigenvalue weighted by atomic mass is 10.1. The van der Waals surface area contributed by atoms with Gasteiger partial charge in [0.2, 0.25) is 11.8 Å². The summed E-state index contributed by atoms with van der Waals surface area (Å²) in [5, 5.41) is 2.94. The molecule has 10 heteroatoms. The molecule has 1 atom stereocenters. The van der Waals surface area contributed by atoms with E-state index in [0.29, 0.717) is 24.4 Å². The summed E-state index contributed by atoms with van der Waals surface area (Å²) in [6.07, 6.45) is 2.11. The number of hydrogen-bond acceptors (Lipinski definition) is 5. The minimum Gasteiger partial charge on any atom is -0.497 e. The Morgan fingerprint density at radius 1 is 0.975 bits per heavy atom. The predicted molar refractivity (Wildman–Crippen MR) is 166 cm³/mol. The van der Waals surface area contributed by atoms with Gasteiger partial charge < -0.3 is 15.0 Å². The number of rotatable bonds is 14. The van der Waals surface area contributed by atoms with Gasteiger partial charge in [0.1, 0.15) is 18.3 Å². The van der Waals surface area contributed by atoms with Crippen LogP contribution in [0.15, 0.2) is 83.8 Å². The molecule has 0 fully saturated rings. The van der Waals surface area contributed by atoms with E-state index in [4.69, 9.17) is 4.74 Å². The summed E-state index contributed by atoms with van der Waals surface area (Å²) in [5.41, 5.74) is 1.12. The molecule has 40 heavy (non-hydrogen) atoms. The quantitative estimate of drug-likeness (QED) is 0.187. The molecule has 3 aromatic carbocycles. The van der Waals surface area contributed by atoms with Gasteiger partial charge in [-0.1, -0.05) is 50.6 Å². The van der Waals surface area contributed by atoms with Crippen LogP contribution in [0.1, 0.15) is 38.7 Å². The summed E-state index contributed by atoms with van der Waals surface area (Å²) in [4.78, 5) is 28.9. The molecule has 0 unspecified atom stereocenters. The standard InChI is InChI=1S/C30H36IN3O5S/c1-4-6-19-32-30(36)28(5-2)33(21-23-11-10-12-26(20-23)39-3)29(35)22-34(25-17-15-24(31)16-18-25)40(37,38)27-13-8-7-9-14-27/h7-18,20,28H,4-6,19,21-22H2,1-3H3,(H,32,36)/t28-/m0/s1. The maximum absolute atomic E-state index is 14.1. The molecule has 0 aliphatic heterocycles. The lowest BCUT2D eigenvalue weighted by Crippen LogP contribution is -2.52. The Kier molecular flexibility index (Phi) is 11.8. The van der Waals surface area contributed by atoms with Crippen molar-refractivity contribution in [3.63, 3.8) is 0 Å². The zero-order valence-corrected chi connectivity index (χ0v) is 26.0. The van der Waals surface area contributed by atoms with Gasteiger partial charge >= 0.3 is 0 Å². The number of carbonyl (C=O) groups is 2. The van der Waals surface area contributed by atoms with E-state index in [9.17, 15) is 18.0 Å². The number of sulfonamides is 1. The Labute approximate surface area is 250 Å². The van der Waals surface area contributed by atoms with Gasteiger partial charge in [-0.2, -0.15) is 0 Å². The van der Waals surface area contributed by atoms with Gasteiger partial charge in [-0.25, -0.2) is 8.42 Å². The van der Waals surface area contributed by atoms with Crippen molar-refractivity contribution in [1.29, 1.82) is 0 Å². The van der Waals surface area contributed by atoms with E-state index in [0.717, 1.165) is 26.3 Å². The zero-order chi connectivity index (χ0) is 29.1. The van der Waals surface area contributed by atoms with Crippen LogP contribution in [0, 0.1) is 3.57 Å². The summed E-state index contributed by atoms with van der Waals surface area (Å²) >= 11 is 2.14. The molecule has 3 aromatic rings. The Morgan fingerprint density at radius 3 is 2.30 bits per heavy atom. The van der Waals surface area contributed by atoms with Crippen LogP contribution in [-0.4, -0.2) is 51.4 Å². The molecule has 0 saturated carbocycles. The highest BCUT2D eigenvalue weighted by Gasteiger charge is 2.33. The van der Waals surface area contributed by atoms with Crippen molar-refractivity contribution >= 4 is 50.1 Å². The number of methoxy groups -OCH3 is 1. The fraction of sp³-hybridized carbons (Fsp3) is 0.333. The second-order valence-corrected chi connectivity index (χ2v) is 12.4. The van der Waals surface area contributed by atoms with Gasteiger partial charge in [-0.3, -0.25) is 13.9 Å². The predicted octanol–water partition coefficient (Wildman–Crippen LogP) is 5.22. The average molecular weight is 678 g/mol. The number of ether oxygens (including phenoxy) is 1. The van der Waals surface area contributed by atoms with E-state index in [2.05, 4.69) is 27.9 Å². The van der Waals surface area contributed by atoms with Gasteiger partial charge in [0.05, 0.1) is 17.7 Å². The largest absolute Gasteiger partial charge is 0.497 e. The highest BCUT2D eigenvalue weighted by atomic mass is 127. The fourth-order valence-corrected chi connectivity index (χ4v) is 6.04. The molecule has 0 bridgehead atoms. The summed E-state index contributed by atoms with van der Waals surface area (Å²) in [6.45, 7) is 4.02. The summed E-state index contributed by atoms with van der Waals surface area (Å²) in [7, 11) is -2.53. The molecule has 0 radical (unpaired) electrons. The molecule has 1 N–H and O–H groups in total. The first kappa shape index (κ1) is 31.4. The maximum atomic E-state index is 14.1. The van der Waals surface area contributed by atoms with E-state index in [1.807, 2.05) is 26.0 Å². The average Bonchev–Trinajstić information content (AvgIpc) is 2.97. The third-order valence-corrected chi connectivity index (χ3v) is 8.93. The summed E-state index contributed by atoms with van der Waals surface area (Å²) < 4.78 is 35.0. The van der Waals surface area contributed by atoms with E-state index in [1.165, 1.54) is 17.0 Å². The minimum absolute atomic E-state index is 0.0741. The molecule has 0 heterocycles. The summed E-state index contributed by atoms with van der Waals surface area (Å²) in [6, 6.07) is 21.4. The molecular formula is C30H36IN3O5S. The SMILES string of the molecule is CCCCNC(=O)[C@H](CC)N(Cc1cccc(OC)c1)C(=O)CN(c1ccc(I)cc1)S(=O)(=O)c1ccccc1. The number of nitrogens with one attached hydrogen (secondary N) is 1. The number of halogens is 1. The molecule has 0 aromatic heterocycles. The van der Waals surface area contributed by atoms with E-state index in [-0.39, 0.29) is 17.3 Å². The van der Waals surface area contributed by atoms with Crippen molar-refractivity contribution in [2.24, 2.45) is 0 Å². The molecule has 2 amide bonds. The van der Waals surface area contributed by atoms with E-state index >= 15 is 0 Å². The summed E-state index contributed by atoms with van der Waals surface area (Å²) in [5.74, 6) is -0.130. The van der Waals surface area contributed by atoms with Crippen molar-refractivity contribution in [2.45, 2.75) is 50.6 Å². The number of unbranched alkanes of at least 4 members (excludes halogenated alkanes) is 1. The molecule has 8 nitrogen and oxygen atoms in total. The van der Waals surface area contributed by atoms with Gasteiger partial charge in [0, 0.05) is 16.7 Å². The van der Waals surface area contributed by atoms with Crippen molar-refractivity contribution in [3.05, 3.63) is 88.0 Å². The molecule has 214 valence electrons. The Hall–Kier alpha value is -3.12. The first-order chi connectivity index (χ1) is 19.2. The molecular weight excluding hydrogens is 641 g/mol. The van der Waals surface area contributed by atoms with Crippen molar-refractivity contribution in [3.8, 4) is 5.75 Å². The monoisotopic (exact) mass is 677 g/mol. The van der Waals surface area contributed by atoms with Crippen molar-refractivity contribution < 1.29 is 22.7 Å². The van der Waals surface area contributed by atoms with Crippen LogP contribution in [0.25, 0.3) is 0 Å². The number of anilines is 1. The molecule has 0 spiro atoms. The van der Waals surface area contributed by atoms with Crippen LogP contribution in [-0.2, 0) is 26.2 Å². The highest BCUT2D eigenvalue weighted by Crippen LogP contribution is 2.26. The molecule has 0 aliphatic carbocycles. The topological polar surface area (TPSA) is 96.0 Å². The van der Waals surface area contributed by atoms with Gasteiger partial charge in [0.25, 0.3) is 10.0 Å². The minimum atomic E-state index is -4.09. The number of hydrogen-bond donors (Lipinski definition) is 1. The number of amides is 2. The number of carbonyl (C=O) groups excluding carboxylic acids is 2. The van der Waals surface area contributed by atoms with Gasteiger partial charge in [-0.15, -0.1) is 0 Å². The van der Waals surface area contributed by atoms with Crippen molar-refractivity contribution in [2.75, 3.05) is 24.5 Å². The fourth-order valence-electron chi connectivity index (χ4n) is 4.25. The van der Waals surface area contributed by atoms with Crippen LogP contribution in [0.5, 0.6) is 5.75 Å². The maximum Gasteiger partial charge on any atom is 0.264 e. The molecule has 0 aliphatic rings. The van der Waals surface area contributed by atoms with Crippen LogP contribution in [0.2, 0.25) is 0 Å². The van der Waals surface area contributed by atoms with E-state index < -0.39 is 28.5 Å². The lowest BCUT2D eigenvalue weighted by Gasteiger charge is -2.33. The van der Waals surface area contributed by atoms with Crippen LogP contribution in [0.4, 0.5) is 5.69 Å². The number of benzene rings is 3. The molecule has 0 saturated heterocycles. The Morgan fingerprint density at radius 2 is 1.68 bits per heavy atom. The van der Waals surface area contributed by atoms with Gasteiger partial charge in [0.15, 0.2) is 0 Å². The first-order valence-electron chi connectivity index (χ1n) is 13.2. The molecule has 3 rings (SSSR count). The second kappa shape index (κ2) is 15.0. The van der Waals surface area contributed by atoms with E-state index in [1.54, 1.807) is 61.7 Å². The van der Waals surface area contributed by atoms with Crippen LogP contribution < -0.4 is 14.4 Å². The lowest BCUT2D eigenvalue weighted by molar-refractivity contribution is -0.140.